The Hall–Kier alpha value is -3.55. The quantitative estimate of drug-likeness (QED) is 0.697. The standard InChI is InChI=1S/C19H20N6O2/c1-13(2)17(22-18(26)14-7-4-3-5-8-14)19(27)21-15-9-6-10-16(11-15)25-12-20-23-24-25/h3-13,17H,1-2H3,(H,21,27)(H,22,26)/t17-/m0/s1. The van der Waals surface area contributed by atoms with Gasteiger partial charge in [0.25, 0.3) is 5.91 Å². The van der Waals surface area contributed by atoms with E-state index >= 15 is 0 Å². The lowest BCUT2D eigenvalue weighted by Crippen LogP contribution is -2.47. The van der Waals surface area contributed by atoms with Gasteiger partial charge in [0.15, 0.2) is 0 Å². The van der Waals surface area contributed by atoms with Crippen LogP contribution in [0.4, 0.5) is 5.69 Å². The largest absolute Gasteiger partial charge is 0.340 e. The van der Waals surface area contributed by atoms with Crippen LogP contribution in [0.25, 0.3) is 5.69 Å². The number of hydrogen-bond donors (Lipinski definition) is 2. The van der Waals surface area contributed by atoms with Crippen LogP contribution >= 0.6 is 0 Å². The molecule has 0 fully saturated rings. The number of aromatic nitrogens is 4. The Labute approximate surface area is 156 Å². The second kappa shape index (κ2) is 8.22. The third kappa shape index (κ3) is 4.55. The Bertz CT molecular complexity index is 909. The van der Waals surface area contributed by atoms with Crippen molar-refractivity contribution >= 4 is 17.5 Å². The molecule has 0 spiro atoms. The molecule has 1 aromatic heterocycles. The van der Waals surface area contributed by atoms with E-state index in [2.05, 4.69) is 26.2 Å². The van der Waals surface area contributed by atoms with E-state index in [-0.39, 0.29) is 17.7 Å². The van der Waals surface area contributed by atoms with Crippen LogP contribution in [0.3, 0.4) is 0 Å². The van der Waals surface area contributed by atoms with Crippen molar-refractivity contribution in [2.45, 2.75) is 19.9 Å². The summed E-state index contributed by atoms with van der Waals surface area (Å²) in [6.07, 6.45) is 1.47. The van der Waals surface area contributed by atoms with Crippen molar-refractivity contribution in [1.29, 1.82) is 0 Å². The molecule has 1 atom stereocenters. The van der Waals surface area contributed by atoms with Crippen molar-refractivity contribution in [1.82, 2.24) is 25.5 Å². The summed E-state index contributed by atoms with van der Waals surface area (Å²) in [5.41, 5.74) is 1.82. The smallest absolute Gasteiger partial charge is 0.251 e. The first-order valence-corrected chi connectivity index (χ1v) is 8.55. The van der Waals surface area contributed by atoms with Gasteiger partial charge in [0.05, 0.1) is 5.69 Å². The molecule has 8 nitrogen and oxygen atoms in total. The number of hydrogen-bond acceptors (Lipinski definition) is 5. The molecule has 138 valence electrons. The molecule has 0 saturated carbocycles. The Morgan fingerprint density at radius 2 is 1.81 bits per heavy atom. The lowest BCUT2D eigenvalue weighted by atomic mass is 10.0. The Balaban J connectivity index is 1.72. The highest BCUT2D eigenvalue weighted by atomic mass is 16.2. The topological polar surface area (TPSA) is 102 Å². The van der Waals surface area contributed by atoms with Gasteiger partial charge in [-0.15, -0.1) is 5.10 Å². The number of benzene rings is 2. The van der Waals surface area contributed by atoms with Crippen LogP contribution in [0.1, 0.15) is 24.2 Å². The van der Waals surface area contributed by atoms with Crippen molar-refractivity contribution in [3.8, 4) is 5.69 Å². The van der Waals surface area contributed by atoms with E-state index in [1.54, 1.807) is 42.5 Å². The fourth-order valence-electron chi connectivity index (χ4n) is 2.57. The van der Waals surface area contributed by atoms with E-state index in [0.717, 1.165) is 0 Å². The summed E-state index contributed by atoms with van der Waals surface area (Å²) >= 11 is 0. The number of amides is 2. The maximum Gasteiger partial charge on any atom is 0.251 e. The van der Waals surface area contributed by atoms with Crippen LogP contribution in [-0.2, 0) is 4.79 Å². The van der Waals surface area contributed by atoms with Crippen molar-refractivity contribution < 1.29 is 9.59 Å². The summed E-state index contributed by atoms with van der Waals surface area (Å²) in [7, 11) is 0. The molecule has 2 aromatic carbocycles. The first-order chi connectivity index (χ1) is 13.0. The van der Waals surface area contributed by atoms with Gasteiger partial charge < -0.3 is 10.6 Å². The Morgan fingerprint density at radius 3 is 2.48 bits per heavy atom. The van der Waals surface area contributed by atoms with Gasteiger partial charge in [-0.1, -0.05) is 38.1 Å². The van der Waals surface area contributed by atoms with Crippen molar-refractivity contribution in [3.05, 3.63) is 66.5 Å². The summed E-state index contributed by atoms with van der Waals surface area (Å²) in [4.78, 5) is 25.2. The predicted octanol–water partition coefficient (Wildman–Crippen LogP) is 2.06. The van der Waals surface area contributed by atoms with Crippen LogP contribution in [0.15, 0.2) is 60.9 Å². The summed E-state index contributed by atoms with van der Waals surface area (Å²) in [5.74, 6) is -0.657. The average molecular weight is 364 g/mol. The van der Waals surface area contributed by atoms with Crippen LogP contribution in [-0.4, -0.2) is 38.1 Å². The van der Waals surface area contributed by atoms with Gasteiger partial charge in [0.2, 0.25) is 5.91 Å². The summed E-state index contributed by atoms with van der Waals surface area (Å²) in [6.45, 7) is 3.76. The van der Waals surface area contributed by atoms with Crippen molar-refractivity contribution in [2.24, 2.45) is 5.92 Å². The predicted molar refractivity (Wildman–Crippen MR) is 100 cm³/mol. The van der Waals surface area contributed by atoms with Gasteiger partial charge in [-0.3, -0.25) is 9.59 Å². The molecule has 0 aliphatic carbocycles. The molecule has 3 rings (SSSR count). The fourth-order valence-corrected chi connectivity index (χ4v) is 2.57. The summed E-state index contributed by atoms with van der Waals surface area (Å²) in [5, 5.41) is 16.7. The normalized spacial score (nSPS) is 11.8. The van der Waals surface area contributed by atoms with Gasteiger partial charge >= 0.3 is 0 Å². The molecule has 0 radical (unpaired) electrons. The molecule has 27 heavy (non-hydrogen) atoms. The van der Waals surface area contributed by atoms with Crippen molar-refractivity contribution in [3.63, 3.8) is 0 Å². The average Bonchev–Trinajstić information content (AvgIpc) is 3.21. The second-order valence-electron chi connectivity index (χ2n) is 6.36. The third-order valence-electron chi connectivity index (χ3n) is 4.00. The van der Waals surface area contributed by atoms with Gasteiger partial charge in [0.1, 0.15) is 12.4 Å². The van der Waals surface area contributed by atoms with Gasteiger partial charge in [0, 0.05) is 11.3 Å². The van der Waals surface area contributed by atoms with E-state index in [1.807, 2.05) is 26.0 Å². The number of tetrazole rings is 1. The highest BCUT2D eigenvalue weighted by molar-refractivity contribution is 6.01. The minimum atomic E-state index is -0.672. The molecule has 3 aromatic rings. The summed E-state index contributed by atoms with van der Waals surface area (Å²) < 4.78 is 1.49. The second-order valence-corrected chi connectivity index (χ2v) is 6.36. The molecule has 0 aliphatic heterocycles. The molecule has 2 N–H and O–H groups in total. The van der Waals surface area contributed by atoms with E-state index in [1.165, 1.54) is 11.0 Å². The summed E-state index contributed by atoms with van der Waals surface area (Å²) in [6, 6.07) is 15.3. The maximum absolute atomic E-state index is 12.7. The minimum Gasteiger partial charge on any atom is -0.340 e. The molecule has 0 bridgehead atoms. The third-order valence-corrected chi connectivity index (χ3v) is 4.00. The lowest BCUT2D eigenvalue weighted by molar-refractivity contribution is -0.118. The van der Waals surface area contributed by atoms with Gasteiger partial charge in [-0.25, -0.2) is 4.68 Å². The van der Waals surface area contributed by atoms with Gasteiger partial charge in [-0.05, 0) is 46.7 Å². The van der Waals surface area contributed by atoms with Crippen LogP contribution < -0.4 is 10.6 Å². The van der Waals surface area contributed by atoms with Crippen LogP contribution in [0.5, 0.6) is 0 Å². The lowest BCUT2D eigenvalue weighted by Gasteiger charge is -2.22. The molecule has 0 aliphatic rings. The van der Waals surface area contributed by atoms with E-state index in [0.29, 0.717) is 16.9 Å². The molecule has 0 unspecified atom stereocenters. The van der Waals surface area contributed by atoms with E-state index in [9.17, 15) is 9.59 Å². The number of anilines is 1. The first kappa shape index (κ1) is 18.2. The Morgan fingerprint density at radius 1 is 1.04 bits per heavy atom. The number of rotatable bonds is 6. The molecule has 2 amide bonds. The number of nitrogens with zero attached hydrogens (tertiary/aromatic N) is 4. The van der Waals surface area contributed by atoms with E-state index < -0.39 is 6.04 Å². The van der Waals surface area contributed by atoms with Crippen LogP contribution in [0.2, 0.25) is 0 Å². The number of nitrogens with one attached hydrogen (secondary N) is 2. The molecular formula is C19H20N6O2. The highest BCUT2D eigenvalue weighted by Crippen LogP contribution is 2.15. The fraction of sp³-hybridized carbons (Fsp3) is 0.211. The number of carbonyl (C=O) groups is 2. The molecular weight excluding hydrogens is 344 g/mol. The minimum absolute atomic E-state index is 0.0830. The Kier molecular flexibility index (Phi) is 5.55. The van der Waals surface area contributed by atoms with E-state index in [4.69, 9.17) is 0 Å². The molecule has 0 saturated heterocycles. The molecule has 1 heterocycles. The molecule has 8 heteroatoms. The monoisotopic (exact) mass is 364 g/mol. The highest BCUT2D eigenvalue weighted by Gasteiger charge is 2.24. The van der Waals surface area contributed by atoms with Gasteiger partial charge in [-0.2, -0.15) is 0 Å². The zero-order chi connectivity index (χ0) is 19.2. The maximum atomic E-state index is 12.7. The van der Waals surface area contributed by atoms with Crippen LogP contribution in [0, 0.1) is 5.92 Å². The number of carbonyl (C=O) groups excluding carboxylic acids is 2. The van der Waals surface area contributed by atoms with Crippen molar-refractivity contribution in [2.75, 3.05) is 5.32 Å². The zero-order valence-electron chi connectivity index (χ0n) is 15.0. The SMILES string of the molecule is CC(C)[C@H](NC(=O)c1ccccc1)C(=O)Nc1cccc(-n2cnnn2)c1. The zero-order valence-corrected chi connectivity index (χ0v) is 15.0. The first-order valence-electron chi connectivity index (χ1n) is 8.55.